The smallest absolute Gasteiger partial charge is 0.184 e. The van der Waals surface area contributed by atoms with Crippen molar-refractivity contribution in [3.8, 4) is 11.5 Å². The molecule has 0 amide bonds. The lowest BCUT2D eigenvalue weighted by Gasteiger charge is -2.10. The van der Waals surface area contributed by atoms with Crippen LogP contribution in [-0.4, -0.2) is 18.2 Å². The number of nitrogens with one attached hydrogen (secondary N) is 1. The molecule has 0 saturated carbocycles. The highest BCUT2D eigenvalue weighted by atomic mass is 32.1. The molecule has 0 radical (unpaired) electrons. The number of hydrogen-bond donors (Lipinski definition) is 1. The molecule has 0 aliphatic rings. The van der Waals surface area contributed by atoms with Crippen LogP contribution in [0.1, 0.15) is 19.4 Å². The van der Waals surface area contributed by atoms with E-state index >= 15 is 0 Å². The first kappa shape index (κ1) is 15.6. The average Bonchev–Trinajstić information content (AvgIpc) is 2.96. The van der Waals surface area contributed by atoms with Crippen molar-refractivity contribution in [3.05, 3.63) is 48.0 Å². The van der Waals surface area contributed by atoms with Crippen LogP contribution >= 0.6 is 11.3 Å². The number of ether oxygens (including phenoxy) is 2. The summed E-state index contributed by atoms with van der Waals surface area (Å²) >= 11 is 1.63. The molecule has 0 unspecified atom stereocenters. The topological polar surface area (TPSA) is 43.4 Å². The van der Waals surface area contributed by atoms with E-state index in [9.17, 15) is 0 Å². The Balaban J connectivity index is 1.83. The van der Waals surface area contributed by atoms with Crippen molar-refractivity contribution >= 4 is 26.7 Å². The Hall–Kier alpha value is -2.27. The third kappa shape index (κ3) is 3.74. The minimum Gasteiger partial charge on any atom is -0.490 e. The Bertz CT molecular complexity index is 728. The number of benzene rings is 2. The third-order valence-corrected chi connectivity index (χ3v) is 4.32. The van der Waals surface area contributed by atoms with Crippen molar-refractivity contribution in [2.75, 3.05) is 18.5 Å². The summed E-state index contributed by atoms with van der Waals surface area (Å²) < 4.78 is 12.4. The zero-order valence-electron chi connectivity index (χ0n) is 13.3. The Morgan fingerprint density at radius 2 is 1.70 bits per heavy atom. The first-order chi connectivity index (χ1) is 11.3. The standard InChI is InChI=1S/C18H20N2O2S/c1-3-21-15-10-14-17(11-16(15)22-4-2)23-18(20-14)19-12-13-8-6-5-7-9-13/h5-11H,3-4,12H2,1-2H3,(H,19,20). The molecule has 0 spiro atoms. The molecule has 5 heteroatoms. The molecule has 0 bridgehead atoms. The summed E-state index contributed by atoms with van der Waals surface area (Å²) in [5, 5.41) is 4.28. The SMILES string of the molecule is CCOc1cc2nc(NCc3ccccc3)sc2cc1OCC. The maximum atomic E-state index is 5.67. The van der Waals surface area contributed by atoms with Crippen molar-refractivity contribution in [2.45, 2.75) is 20.4 Å². The fourth-order valence-electron chi connectivity index (χ4n) is 2.32. The third-order valence-electron chi connectivity index (χ3n) is 3.34. The molecule has 1 N–H and O–H groups in total. The molecule has 3 rings (SSSR count). The molecular weight excluding hydrogens is 308 g/mol. The van der Waals surface area contributed by atoms with Crippen LogP contribution in [0.2, 0.25) is 0 Å². The summed E-state index contributed by atoms with van der Waals surface area (Å²) in [6.07, 6.45) is 0. The number of thiazole rings is 1. The predicted octanol–water partition coefficient (Wildman–Crippen LogP) is 4.71. The van der Waals surface area contributed by atoms with E-state index in [0.29, 0.717) is 13.2 Å². The zero-order valence-corrected chi connectivity index (χ0v) is 14.2. The normalized spacial score (nSPS) is 10.7. The van der Waals surface area contributed by atoms with Gasteiger partial charge < -0.3 is 14.8 Å². The van der Waals surface area contributed by atoms with Crippen molar-refractivity contribution in [1.29, 1.82) is 0 Å². The van der Waals surface area contributed by atoms with Crippen molar-refractivity contribution in [2.24, 2.45) is 0 Å². The fraction of sp³-hybridized carbons (Fsp3) is 0.278. The zero-order chi connectivity index (χ0) is 16.1. The van der Waals surface area contributed by atoms with Crippen molar-refractivity contribution in [1.82, 2.24) is 4.98 Å². The largest absolute Gasteiger partial charge is 0.490 e. The van der Waals surface area contributed by atoms with E-state index < -0.39 is 0 Å². The van der Waals surface area contributed by atoms with Gasteiger partial charge in [-0.2, -0.15) is 0 Å². The van der Waals surface area contributed by atoms with Gasteiger partial charge in [-0.1, -0.05) is 41.7 Å². The molecule has 0 aliphatic carbocycles. The number of anilines is 1. The van der Waals surface area contributed by atoms with Gasteiger partial charge in [0, 0.05) is 18.7 Å². The van der Waals surface area contributed by atoms with Gasteiger partial charge in [-0.25, -0.2) is 4.98 Å². The second-order valence-electron chi connectivity index (χ2n) is 4.99. The van der Waals surface area contributed by atoms with Crippen LogP contribution in [0.4, 0.5) is 5.13 Å². The molecule has 0 fully saturated rings. The summed E-state index contributed by atoms with van der Waals surface area (Å²) in [6, 6.07) is 14.3. The molecular formula is C18H20N2O2S. The van der Waals surface area contributed by atoms with E-state index in [-0.39, 0.29) is 0 Å². The minimum absolute atomic E-state index is 0.606. The summed E-state index contributed by atoms with van der Waals surface area (Å²) in [5.74, 6) is 1.53. The van der Waals surface area contributed by atoms with E-state index in [1.54, 1.807) is 11.3 Å². The summed E-state index contributed by atoms with van der Waals surface area (Å²) in [7, 11) is 0. The highest BCUT2D eigenvalue weighted by Crippen LogP contribution is 2.36. The maximum absolute atomic E-state index is 5.67. The van der Waals surface area contributed by atoms with Gasteiger partial charge in [-0.15, -0.1) is 0 Å². The first-order valence-corrected chi connectivity index (χ1v) is 8.59. The second-order valence-corrected chi connectivity index (χ2v) is 6.02. The van der Waals surface area contributed by atoms with E-state index in [1.165, 1.54) is 5.56 Å². The van der Waals surface area contributed by atoms with Crippen LogP contribution in [-0.2, 0) is 6.54 Å². The molecule has 120 valence electrons. The van der Waals surface area contributed by atoms with Crippen LogP contribution in [0, 0.1) is 0 Å². The van der Waals surface area contributed by atoms with Gasteiger partial charge in [-0.3, -0.25) is 0 Å². The van der Waals surface area contributed by atoms with Gasteiger partial charge in [0.05, 0.1) is 23.4 Å². The van der Waals surface area contributed by atoms with Gasteiger partial charge in [-0.05, 0) is 19.4 Å². The highest BCUT2D eigenvalue weighted by molar-refractivity contribution is 7.22. The van der Waals surface area contributed by atoms with Crippen LogP contribution < -0.4 is 14.8 Å². The molecule has 1 heterocycles. The predicted molar refractivity (Wildman–Crippen MR) is 95.7 cm³/mol. The lowest BCUT2D eigenvalue weighted by Crippen LogP contribution is -1.98. The number of fused-ring (bicyclic) bond motifs is 1. The Kier molecular flexibility index (Phi) is 4.98. The molecule has 1 aromatic heterocycles. The maximum Gasteiger partial charge on any atom is 0.184 e. The highest BCUT2D eigenvalue weighted by Gasteiger charge is 2.11. The molecule has 0 atom stereocenters. The molecule has 4 nitrogen and oxygen atoms in total. The molecule has 3 aromatic rings. The number of nitrogens with zero attached hydrogens (tertiary/aromatic N) is 1. The van der Waals surface area contributed by atoms with Crippen LogP contribution in [0.25, 0.3) is 10.2 Å². The first-order valence-electron chi connectivity index (χ1n) is 7.78. The molecule has 0 saturated heterocycles. The van der Waals surface area contributed by atoms with Crippen LogP contribution in [0.5, 0.6) is 11.5 Å². The Labute approximate surface area is 140 Å². The molecule has 2 aromatic carbocycles. The monoisotopic (exact) mass is 328 g/mol. The van der Waals surface area contributed by atoms with Crippen molar-refractivity contribution < 1.29 is 9.47 Å². The number of hydrogen-bond acceptors (Lipinski definition) is 5. The summed E-state index contributed by atoms with van der Waals surface area (Å²) in [4.78, 5) is 4.64. The lowest BCUT2D eigenvalue weighted by atomic mass is 10.2. The lowest BCUT2D eigenvalue weighted by molar-refractivity contribution is 0.288. The van der Waals surface area contributed by atoms with E-state index in [2.05, 4.69) is 22.4 Å². The van der Waals surface area contributed by atoms with Gasteiger partial charge >= 0.3 is 0 Å². The second kappa shape index (κ2) is 7.33. The summed E-state index contributed by atoms with van der Waals surface area (Å²) in [5.41, 5.74) is 2.16. The van der Waals surface area contributed by atoms with Crippen LogP contribution in [0.15, 0.2) is 42.5 Å². The molecule has 23 heavy (non-hydrogen) atoms. The van der Waals surface area contributed by atoms with E-state index in [4.69, 9.17) is 9.47 Å². The quantitative estimate of drug-likeness (QED) is 0.682. The van der Waals surface area contributed by atoms with Crippen LogP contribution in [0.3, 0.4) is 0 Å². The summed E-state index contributed by atoms with van der Waals surface area (Å²) in [6.45, 7) is 5.92. The van der Waals surface area contributed by atoms with Gasteiger partial charge in [0.15, 0.2) is 16.6 Å². The molecule has 0 aliphatic heterocycles. The number of aromatic nitrogens is 1. The van der Waals surface area contributed by atoms with E-state index in [0.717, 1.165) is 33.4 Å². The van der Waals surface area contributed by atoms with Crippen molar-refractivity contribution in [3.63, 3.8) is 0 Å². The number of rotatable bonds is 7. The Morgan fingerprint density at radius 1 is 1.00 bits per heavy atom. The van der Waals surface area contributed by atoms with E-state index in [1.807, 2.05) is 44.2 Å². The van der Waals surface area contributed by atoms with Gasteiger partial charge in [0.25, 0.3) is 0 Å². The van der Waals surface area contributed by atoms with Gasteiger partial charge in [0.1, 0.15) is 0 Å². The van der Waals surface area contributed by atoms with Gasteiger partial charge in [0.2, 0.25) is 0 Å². The minimum atomic E-state index is 0.606. The Morgan fingerprint density at radius 3 is 2.39 bits per heavy atom. The average molecular weight is 328 g/mol. The fourth-order valence-corrected chi connectivity index (χ4v) is 3.19.